The van der Waals surface area contributed by atoms with Gasteiger partial charge in [0.15, 0.2) is 4.47 Å². The zero-order valence-corrected chi connectivity index (χ0v) is 6.08. The molecule has 5 heteroatoms. The van der Waals surface area contributed by atoms with Crippen molar-refractivity contribution in [1.82, 2.24) is 4.98 Å². The first-order valence-electron chi connectivity index (χ1n) is 2.24. The summed E-state index contributed by atoms with van der Waals surface area (Å²) in [5.74, 6) is 4.79. The molecule has 1 aromatic rings. The number of hydrogen-bond acceptors (Lipinski definition) is 4. The van der Waals surface area contributed by atoms with Gasteiger partial charge in [0.1, 0.15) is 6.61 Å². The molecule has 0 atom stereocenters. The van der Waals surface area contributed by atoms with Gasteiger partial charge in [0.05, 0.1) is 5.69 Å². The van der Waals surface area contributed by atoms with Gasteiger partial charge in [0, 0.05) is 5.38 Å². The number of hydrogen-bond donors (Lipinski definition) is 1. The number of nitrogens with two attached hydrogens (primary N) is 1. The van der Waals surface area contributed by atoms with Gasteiger partial charge in [-0.05, 0) is 0 Å². The summed E-state index contributed by atoms with van der Waals surface area (Å²) in [6, 6.07) is 0. The molecule has 0 aliphatic heterocycles. The van der Waals surface area contributed by atoms with Crippen molar-refractivity contribution in [2.45, 2.75) is 6.61 Å². The van der Waals surface area contributed by atoms with Crippen LogP contribution in [0.3, 0.4) is 0 Å². The standard InChI is InChI=1S/C4H5ClN2OS/c5-4-7-3(1-8-6)2-9-4/h2H,1,6H2. The molecule has 1 rings (SSSR count). The van der Waals surface area contributed by atoms with Gasteiger partial charge in [-0.2, -0.15) is 0 Å². The first-order valence-corrected chi connectivity index (χ1v) is 3.50. The van der Waals surface area contributed by atoms with Gasteiger partial charge < -0.3 is 0 Å². The minimum absolute atomic E-state index is 0.323. The zero-order valence-electron chi connectivity index (χ0n) is 4.50. The fourth-order valence-corrected chi connectivity index (χ4v) is 1.20. The van der Waals surface area contributed by atoms with Gasteiger partial charge in [-0.3, -0.25) is 4.84 Å². The van der Waals surface area contributed by atoms with E-state index in [1.165, 1.54) is 11.3 Å². The summed E-state index contributed by atoms with van der Waals surface area (Å²) in [6.07, 6.45) is 0. The van der Waals surface area contributed by atoms with Gasteiger partial charge >= 0.3 is 0 Å². The lowest BCUT2D eigenvalue weighted by Gasteiger charge is -1.87. The highest BCUT2D eigenvalue weighted by molar-refractivity contribution is 7.13. The number of thiazole rings is 1. The highest BCUT2D eigenvalue weighted by Gasteiger charge is 1.96. The van der Waals surface area contributed by atoms with E-state index in [0.717, 1.165) is 5.69 Å². The Morgan fingerprint density at radius 2 is 2.67 bits per heavy atom. The van der Waals surface area contributed by atoms with E-state index in [1.807, 2.05) is 0 Å². The van der Waals surface area contributed by atoms with Crippen LogP contribution in [0.25, 0.3) is 0 Å². The highest BCUT2D eigenvalue weighted by Crippen LogP contribution is 2.14. The summed E-state index contributed by atoms with van der Waals surface area (Å²) in [7, 11) is 0. The third kappa shape index (κ3) is 1.91. The minimum atomic E-state index is 0.323. The molecule has 0 saturated carbocycles. The molecule has 3 nitrogen and oxygen atoms in total. The van der Waals surface area contributed by atoms with Gasteiger partial charge in [0.2, 0.25) is 0 Å². The van der Waals surface area contributed by atoms with E-state index in [0.29, 0.717) is 11.1 Å². The lowest BCUT2D eigenvalue weighted by atomic mass is 10.5. The zero-order chi connectivity index (χ0) is 6.69. The van der Waals surface area contributed by atoms with Crippen LogP contribution in [-0.2, 0) is 11.4 Å². The molecule has 0 saturated heterocycles. The van der Waals surface area contributed by atoms with Crippen LogP contribution in [0.2, 0.25) is 4.47 Å². The van der Waals surface area contributed by atoms with Crippen LogP contribution < -0.4 is 5.90 Å². The molecule has 0 aliphatic carbocycles. The number of aromatic nitrogens is 1. The van der Waals surface area contributed by atoms with Crippen LogP contribution in [-0.4, -0.2) is 4.98 Å². The molecule has 0 aliphatic rings. The van der Waals surface area contributed by atoms with Gasteiger partial charge in [0.25, 0.3) is 0 Å². The lowest BCUT2D eigenvalue weighted by Crippen LogP contribution is -1.98. The summed E-state index contributed by atoms with van der Waals surface area (Å²) in [4.78, 5) is 8.21. The minimum Gasteiger partial charge on any atom is -0.298 e. The van der Waals surface area contributed by atoms with Crippen molar-refractivity contribution in [3.8, 4) is 0 Å². The third-order valence-corrected chi connectivity index (χ3v) is 1.78. The van der Waals surface area contributed by atoms with Crippen LogP contribution in [0.5, 0.6) is 0 Å². The Labute approximate surface area is 61.4 Å². The second-order valence-corrected chi connectivity index (χ2v) is 2.84. The van der Waals surface area contributed by atoms with Crippen molar-refractivity contribution in [3.05, 3.63) is 15.5 Å². The molecule has 50 valence electrons. The molecule has 0 radical (unpaired) electrons. The smallest absolute Gasteiger partial charge is 0.183 e. The Morgan fingerprint density at radius 3 is 3.11 bits per heavy atom. The quantitative estimate of drug-likeness (QED) is 0.668. The van der Waals surface area contributed by atoms with Crippen molar-refractivity contribution in [1.29, 1.82) is 0 Å². The molecule has 1 heterocycles. The van der Waals surface area contributed by atoms with Crippen LogP contribution >= 0.6 is 22.9 Å². The number of halogens is 1. The van der Waals surface area contributed by atoms with Gasteiger partial charge in [-0.1, -0.05) is 11.6 Å². The topological polar surface area (TPSA) is 48.1 Å². The van der Waals surface area contributed by atoms with Crippen molar-refractivity contribution in [2.75, 3.05) is 0 Å². The second-order valence-electron chi connectivity index (χ2n) is 1.40. The maximum atomic E-state index is 5.51. The molecule has 0 aromatic carbocycles. The lowest BCUT2D eigenvalue weighted by molar-refractivity contribution is 0.122. The summed E-state index contributed by atoms with van der Waals surface area (Å²) in [5, 5.41) is 1.80. The average molecular weight is 165 g/mol. The maximum Gasteiger partial charge on any atom is 0.183 e. The Kier molecular flexibility index (Phi) is 2.41. The van der Waals surface area contributed by atoms with Crippen molar-refractivity contribution >= 4 is 22.9 Å². The normalized spacial score (nSPS) is 10.0. The average Bonchev–Trinajstić information content (AvgIpc) is 2.17. The highest BCUT2D eigenvalue weighted by atomic mass is 35.5. The molecule has 0 spiro atoms. The Hall–Kier alpha value is -0.160. The number of rotatable bonds is 2. The van der Waals surface area contributed by atoms with E-state index in [1.54, 1.807) is 5.38 Å². The van der Waals surface area contributed by atoms with Crippen LogP contribution in [0.1, 0.15) is 5.69 Å². The molecular weight excluding hydrogens is 160 g/mol. The molecule has 0 bridgehead atoms. The Morgan fingerprint density at radius 1 is 1.89 bits per heavy atom. The summed E-state index contributed by atoms with van der Waals surface area (Å²) in [5.41, 5.74) is 0.771. The number of nitrogens with zero attached hydrogens (tertiary/aromatic N) is 1. The second kappa shape index (κ2) is 3.12. The third-order valence-electron chi connectivity index (χ3n) is 0.755. The van der Waals surface area contributed by atoms with E-state index in [-0.39, 0.29) is 0 Å². The predicted molar refractivity (Wildman–Crippen MR) is 36.1 cm³/mol. The SMILES string of the molecule is NOCc1csc(Cl)n1. The molecule has 0 unspecified atom stereocenters. The molecule has 9 heavy (non-hydrogen) atoms. The van der Waals surface area contributed by atoms with Crippen LogP contribution in [0.4, 0.5) is 0 Å². The van der Waals surface area contributed by atoms with E-state index in [2.05, 4.69) is 9.82 Å². The van der Waals surface area contributed by atoms with E-state index < -0.39 is 0 Å². The summed E-state index contributed by atoms with van der Waals surface area (Å²) in [6.45, 7) is 0.323. The predicted octanol–water partition coefficient (Wildman–Crippen LogP) is 1.19. The van der Waals surface area contributed by atoms with E-state index >= 15 is 0 Å². The van der Waals surface area contributed by atoms with Gasteiger partial charge in [-0.15, -0.1) is 11.3 Å². The van der Waals surface area contributed by atoms with Crippen molar-refractivity contribution in [3.63, 3.8) is 0 Å². The first-order chi connectivity index (χ1) is 4.33. The molecule has 0 amide bonds. The first kappa shape index (κ1) is 6.95. The van der Waals surface area contributed by atoms with Crippen LogP contribution in [0.15, 0.2) is 5.38 Å². The summed E-state index contributed by atoms with van der Waals surface area (Å²) < 4.78 is 0.516. The van der Waals surface area contributed by atoms with E-state index in [4.69, 9.17) is 17.5 Å². The Bertz CT molecular complexity index is 190. The van der Waals surface area contributed by atoms with Gasteiger partial charge in [-0.25, -0.2) is 10.9 Å². The van der Waals surface area contributed by atoms with Crippen molar-refractivity contribution < 1.29 is 4.84 Å². The molecular formula is C4H5ClN2OS. The largest absolute Gasteiger partial charge is 0.298 e. The maximum absolute atomic E-state index is 5.51. The molecule has 2 N–H and O–H groups in total. The van der Waals surface area contributed by atoms with Crippen molar-refractivity contribution in [2.24, 2.45) is 5.90 Å². The molecule has 0 fully saturated rings. The fraction of sp³-hybridized carbons (Fsp3) is 0.250. The van der Waals surface area contributed by atoms with E-state index in [9.17, 15) is 0 Å². The fourth-order valence-electron chi connectivity index (χ4n) is 0.434. The molecule has 1 aromatic heterocycles. The monoisotopic (exact) mass is 164 g/mol. The summed E-state index contributed by atoms with van der Waals surface area (Å²) >= 11 is 6.87. The van der Waals surface area contributed by atoms with Crippen LogP contribution in [0, 0.1) is 0 Å². The Balaban J connectivity index is 2.61.